The summed E-state index contributed by atoms with van der Waals surface area (Å²) in [4.78, 5) is 12.7. The van der Waals surface area contributed by atoms with Crippen LogP contribution in [0.5, 0.6) is 11.5 Å². The van der Waals surface area contributed by atoms with Crippen molar-refractivity contribution in [3.05, 3.63) is 103 Å². The van der Waals surface area contributed by atoms with E-state index in [1.807, 2.05) is 19.9 Å². The first kappa shape index (κ1) is 30.8. The maximum absolute atomic E-state index is 12.7. The molecule has 0 bridgehead atoms. The van der Waals surface area contributed by atoms with E-state index in [1.54, 1.807) is 49.4 Å². The van der Waals surface area contributed by atoms with Crippen molar-refractivity contribution in [2.45, 2.75) is 33.0 Å². The van der Waals surface area contributed by atoms with Crippen molar-refractivity contribution in [3.63, 3.8) is 0 Å². The molecule has 8 heteroatoms. The van der Waals surface area contributed by atoms with Gasteiger partial charge >= 0.3 is 57.6 Å². The van der Waals surface area contributed by atoms with Gasteiger partial charge in [-0.1, -0.05) is 26.0 Å². The average Bonchev–Trinajstić information content (AvgIpc) is 2.83. The van der Waals surface area contributed by atoms with E-state index in [0.717, 1.165) is 17.5 Å². The summed E-state index contributed by atoms with van der Waals surface area (Å²) in [5.41, 5.74) is 5.76. The predicted octanol–water partition coefficient (Wildman–Crippen LogP) is 3.84. The molecule has 0 fully saturated rings. The molecule has 0 aromatic heterocycles. The van der Waals surface area contributed by atoms with E-state index in [9.17, 15) is 18.0 Å². The first-order valence-corrected chi connectivity index (χ1v) is 10.7. The molecule has 0 saturated carbocycles. The summed E-state index contributed by atoms with van der Waals surface area (Å²) >= 11 is 0. The number of nitrogens with one attached hydrogen (secondary N) is 1. The maximum Gasteiger partial charge on any atom is 1.00 e. The number of nitrogens with two attached hydrogens (primary N) is 1. The summed E-state index contributed by atoms with van der Waals surface area (Å²) < 4.78 is 44.0. The topological polar surface area (TPSA) is 64.3 Å². The zero-order valence-corrected chi connectivity index (χ0v) is 23.4. The van der Waals surface area contributed by atoms with Crippen molar-refractivity contribution in [2.75, 3.05) is 0 Å². The van der Waals surface area contributed by atoms with Gasteiger partial charge in [-0.25, -0.2) is 19.1 Å². The van der Waals surface area contributed by atoms with E-state index < -0.39 is 11.7 Å². The largest absolute Gasteiger partial charge is 1.00 e. The molecule has 3 rings (SSSR count). The van der Waals surface area contributed by atoms with Gasteiger partial charge < -0.3 is 15.8 Å². The third-order valence-electron chi connectivity index (χ3n) is 4.79. The van der Waals surface area contributed by atoms with Crippen LogP contribution in [-0.4, -0.2) is 11.9 Å². The molecule has 1 unspecified atom stereocenters. The summed E-state index contributed by atoms with van der Waals surface area (Å²) in [7, 11) is 0. The van der Waals surface area contributed by atoms with E-state index in [1.165, 1.54) is 12.1 Å². The van der Waals surface area contributed by atoms with Crippen molar-refractivity contribution in [1.29, 1.82) is 0 Å². The van der Waals surface area contributed by atoms with Gasteiger partial charge in [-0.15, -0.1) is 0 Å². The minimum Gasteiger partial charge on any atom is -0.489 e. The smallest absolute Gasteiger partial charge is 0.489 e. The van der Waals surface area contributed by atoms with Crippen molar-refractivity contribution in [3.8, 4) is 11.5 Å². The minimum atomic E-state index is -4.41. The Balaban J connectivity index is 0.00000199. The molecule has 0 spiro atoms. The van der Waals surface area contributed by atoms with Crippen molar-refractivity contribution in [1.82, 2.24) is 5.32 Å². The molecule has 3 aromatic carbocycles. The Bertz CT molecular complexity index is 1170. The molecule has 0 aliphatic carbocycles. The molecule has 0 aliphatic heterocycles. The molecule has 0 heterocycles. The van der Waals surface area contributed by atoms with Crippen LogP contribution in [0.15, 0.2) is 78.4 Å². The Kier molecular flexibility index (Phi) is 12.6. The molecule has 0 saturated heterocycles. The van der Waals surface area contributed by atoms with E-state index in [-0.39, 0.29) is 69.1 Å². The first-order chi connectivity index (χ1) is 16.2. The normalized spacial score (nSPS) is 12.3. The molecule has 180 valence electrons. The molecular formula is C27H27F3KN2O2-. The van der Waals surface area contributed by atoms with Crippen LogP contribution in [0.2, 0.25) is 0 Å². The zero-order chi connectivity index (χ0) is 25.3. The number of carbonyl (C=O) groups excluding carboxylic acids is 1. The first-order valence-electron chi connectivity index (χ1n) is 10.7. The summed E-state index contributed by atoms with van der Waals surface area (Å²) in [6.07, 6.45) is 1.34. The zero-order valence-electron chi connectivity index (χ0n) is 20.2. The Hall–Kier alpha value is -2.23. The molecule has 0 aliphatic rings. The second-order valence-corrected chi connectivity index (χ2v) is 7.01. The van der Waals surface area contributed by atoms with E-state index in [2.05, 4.69) is 18.4 Å². The van der Waals surface area contributed by atoms with E-state index in [0.29, 0.717) is 22.3 Å². The molecule has 4 nitrogen and oxygen atoms in total. The van der Waals surface area contributed by atoms with Crippen molar-refractivity contribution < 1.29 is 74.1 Å². The van der Waals surface area contributed by atoms with Gasteiger partial charge in [0.25, 0.3) is 5.91 Å². The van der Waals surface area contributed by atoms with Crippen LogP contribution in [0.4, 0.5) is 13.2 Å². The number of hydrogen-bond acceptors (Lipinski definition) is 3. The van der Waals surface area contributed by atoms with Crippen LogP contribution >= 0.6 is 0 Å². The Morgan fingerprint density at radius 2 is 1.77 bits per heavy atom. The second kappa shape index (κ2) is 14.4. The standard InChI is InChI=1S/C25H21F3N2O2.C2H6.K/c1-3-5-19(15-29)16(2)30-24(31)18-8-13-22-17(14-18)6-4-7-23(22)32-21-11-9-20(10-12-21)25(26,27)28;1-2;/h3-14,16H,1,29H2,2H3,(H,30,31);1-2H3;/q-2;;+1/b5-3-;;. The average molecular weight is 508 g/mol. The van der Waals surface area contributed by atoms with E-state index in [4.69, 9.17) is 10.5 Å². The van der Waals surface area contributed by atoms with Crippen molar-refractivity contribution in [2.24, 2.45) is 5.73 Å². The molecule has 1 amide bonds. The molecule has 3 aromatic rings. The van der Waals surface area contributed by atoms with Crippen LogP contribution in [0.3, 0.4) is 0 Å². The van der Waals surface area contributed by atoms with Gasteiger partial charge in [0.15, 0.2) is 0 Å². The fourth-order valence-corrected chi connectivity index (χ4v) is 3.13. The van der Waals surface area contributed by atoms with Crippen LogP contribution in [0, 0.1) is 13.1 Å². The minimum absolute atomic E-state index is 0. The van der Waals surface area contributed by atoms with Gasteiger partial charge in [-0.2, -0.15) is 24.9 Å². The monoisotopic (exact) mass is 507 g/mol. The number of ether oxygens (including phenoxy) is 1. The fraction of sp³-hybridized carbons (Fsp3) is 0.185. The number of rotatable bonds is 6. The maximum atomic E-state index is 12.7. The predicted molar refractivity (Wildman–Crippen MR) is 129 cm³/mol. The number of halogens is 3. The van der Waals surface area contributed by atoms with Gasteiger partial charge in [0.1, 0.15) is 11.5 Å². The number of allylic oxidation sites excluding steroid dienone is 1. The third-order valence-corrected chi connectivity index (χ3v) is 4.79. The van der Waals surface area contributed by atoms with Crippen LogP contribution in [0.1, 0.15) is 36.7 Å². The number of alkyl halides is 3. The molecule has 3 N–H and O–H groups in total. The van der Waals surface area contributed by atoms with Gasteiger partial charge in [-0.3, -0.25) is 4.79 Å². The van der Waals surface area contributed by atoms with Crippen molar-refractivity contribution >= 4 is 16.7 Å². The van der Waals surface area contributed by atoms with Crippen LogP contribution in [-0.2, 0) is 6.18 Å². The Morgan fingerprint density at radius 1 is 1.11 bits per heavy atom. The summed E-state index contributed by atoms with van der Waals surface area (Å²) in [6.45, 7) is 9.39. The molecule has 0 radical (unpaired) electrons. The number of carbonyl (C=O) groups is 1. The number of fused-ring (bicyclic) bond motifs is 1. The van der Waals surface area contributed by atoms with Crippen LogP contribution < -0.4 is 67.2 Å². The molecular weight excluding hydrogens is 480 g/mol. The second-order valence-electron chi connectivity index (χ2n) is 7.01. The number of benzene rings is 3. The van der Waals surface area contributed by atoms with Gasteiger partial charge in [0.2, 0.25) is 0 Å². The summed E-state index contributed by atoms with van der Waals surface area (Å²) in [5, 5.41) is 4.31. The fourth-order valence-electron chi connectivity index (χ4n) is 3.13. The molecule has 1 atom stereocenters. The SMILES string of the molecule is CC.[CH2-]/C=C\C(=[C-]N)C(C)NC(=O)c1ccc2c(Oc3ccc(C(F)(F)F)cc3)cccc2c1.[K+]. The quantitative estimate of drug-likeness (QED) is 0.231. The van der Waals surface area contributed by atoms with Gasteiger partial charge in [-0.05, 0) is 60.8 Å². The summed E-state index contributed by atoms with van der Waals surface area (Å²) in [6, 6.07) is 14.5. The number of amides is 1. The van der Waals surface area contributed by atoms with Crippen LogP contribution in [0.25, 0.3) is 10.8 Å². The summed E-state index contributed by atoms with van der Waals surface area (Å²) in [5.74, 6) is 0.446. The van der Waals surface area contributed by atoms with E-state index >= 15 is 0 Å². The van der Waals surface area contributed by atoms with Gasteiger partial charge in [0, 0.05) is 17.0 Å². The third kappa shape index (κ3) is 8.43. The Labute approximate surface area is 246 Å². The molecule has 35 heavy (non-hydrogen) atoms. The number of hydrogen-bond donors (Lipinski definition) is 2. The Morgan fingerprint density at radius 3 is 2.34 bits per heavy atom. The van der Waals surface area contributed by atoms with Gasteiger partial charge in [0.05, 0.1) is 5.56 Å².